The average Bonchev–Trinajstić information content (AvgIpc) is 3.35. The number of phosphoric acid groups is 1. The third kappa shape index (κ3) is 49.9. The second-order valence-corrected chi connectivity index (χ2v) is 19.8. The van der Waals surface area contributed by atoms with Gasteiger partial charge in [-0.25, -0.2) is 4.57 Å². The van der Waals surface area contributed by atoms with Gasteiger partial charge in [-0.2, -0.15) is 0 Å². The molecule has 0 aromatic heterocycles. The second kappa shape index (κ2) is 52.2. The minimum Gasteiger partial charge on any atom is -0.462 e. The molecule has 3 unspecified atom stereocenters. The molecule has 0 aromatic rings. The van der Waals surface area contributed by atoms with Crippen molar-refractivity contribution in [2.45, 2.75) is 251 Å². The van der Waals surface area contributed by atoms with Crippen LogP contribution in [0.15, 0.2) is 72.9 Å². The molecule has 0 saturated carbocycles. The smallest absolute Gasteiger partial charge is 0.462 e. The fourth-order valence-electron chi connectivity index (χ4n) is 7.41. The molecule has 0 radical (unpaired) electrons. The molecule has 0 aliphatic carbocycles. The summed E-state index contributed by atoms with van der Waals surface area (Å²) in [6.45, 7) is 4.38. The van der Waals surface area contributed by atoms with E-state index >= 15 is 0 Å². The minimum atomic E-state index is -4.77. The number of aliphatic hydroxyl groups is 1. The van der Waals surface area contributed by atoms with Crippen LogP contribution in [0.3, 0.4) is 0 Å². The first-order valence-electron chi connectivity index (χ1n) is 27.8. The zero-order valence-corrected chi connectivity index (χ0v) is 45.4. The second-order valence-electron chi connectivity index (χ2n) is 18.4. The topological polar surface area (TPSA) is 155 Å². The highest BCUT2D eigenvalue weighted by molar-refractivity contribution is 7.47. The van der Waals surface area contributed by atoms with Crippen LogP contribution in [0.5, 0.6) is 0 Å². The van der Waals surface area contributed by atoms with Gasteiger partial charge in [-0.15, -0.1) is 0 Å². The standard InChI is InChI=1S/C58H101O11P/c1-4-7-10-13-16-19-22-24-26-27-29-30-33-35-38-41-44-47-56(60)65-51-55(69-58(62)49-46-43-40-37-34-31-28-25-23-20-17-14-11-8-5-2)53-67-70(63,64)66-52-54(50-59)68-57(61)48-45-42-39-36-32-21-18-15-12-9-6-3/h8,11,15,17-18,20,25,28,34,37,43,46,54-55,59H,4-7,9-10,12-14,16,19,21-24,26-27,29-33,35-36,38-42,44-45,47-53H2,1-3H3,(H,63,64)/b11-8-,18-15-,20-17-,28-25-,37-34-,46-43-. The SMILES string of the molecule is CC/C=C\C/C=C\C/C=C\C/C=C\C/C=C\CC(=O)OC(COC(=O)CCCCCCCCCCCCCCCCCCC)COP(=O)(O)OCC(CO)OC(=O)CCCCCCC/C=C\CCCC. The van der Waals surface area contributed by atoms with Crippen molar-refractivity contribution in [1.29, 1.82) is 0 Å². The molecule has 0 spiro atoms. The number of esters is 3. The van der Waals surface area contributed by atoms with E-state index in [1.807, 2.05) is 12.2 Å². The van der Waals surface area contributed by atoms with Gasteiger partial charge in [0.25, 0.3) is 0 Å². The molecule has 0 aliphatic rings. The van der Waals surface area contributed by atoms with Gasteiger partial charge in [0, 0.05) is 12.8 Å². The Bertz CT molecular complexity index is 1450. The molecule has 0 heterocycles. The molecule has 2 N–H and O–H groups in total. The molecule has 0 fully saturated rings. The Hall–Kier alpha value is -3.08. The highest BCUT2D eigenvalue weighted by atomic mass is 31.2. The summed E-state index contributed by atoms with van der Waals surface area (Å²) in [6.07, 6.45) is 57.6. The van der Waals surface area contributed by atoms with Gasteiger partial charge in [0.2, 0.25) is 0 Å². The maximum absolute atomic E-state index is 12.9. The summed E-state index contributed by atoms with van der Waals surface area (Å²) < 4.78 is 39.3. The van der Waals surface area contributed by atoms with Crippen molar-refractivity contribution < 1.29 is 52.2 Å². The lowest BCUT2D eigenvalue weighted by atomic mass is 10.0. The zero-order valence-electron chi connectivity index (χ0n) is 44.5. The Kier molecular flexibility index (Phi) is 50.0. The summed E-state index contributed by atoms with van der Waals surface area (Å²) in [6, 6.07) is 0. The highest BCUT2D eigenvalue weighted by Crippen LogP contribution is 2.43. The van der Waals surface area contributed by atoms with Gasteiger partial charge >= 0.3 is 25.7 Å². The Morgan fingerprint density at radius 2 is 0.814 bits per heavy atom. The minimum absolute atomic E-state index is 0.0646. The number of phosphoric ester groups is 1. The number of unbranched alkanes of at least 4 members (excludes halogenated alkanes) is 23. The Labute approximate surface area is 427 Å². The van der Waals surface area contributed by atoms with Crippen LogP contribution < -0.4 is 0 Å². The monoisotopic (exact) mass is 1000 g/mol. The summed E-state index contributed by atoms with van der Waals surface area (Å²) in [5.41, 5.74) is 0. The lowest BCUT2D eigenvalue weighted by Crippen LogP contribution is -2.30. The van der Waals surface area contributed by atoms with Crippen LogP contribution in [0.1, 0.15) is 239 Å². The van der Waals surface area contributed by atoms with Crippen molar-refractivity contribution in [3.8, 4) is 0 Å². The van der Waals surface area contributed by atoms with Crippen LogP contribution in [-0.2, 0) is 42.2 Å². The van der Waals surface area contributed by atoms with Gasteiger partial charge in [-0.3, -0.25) is 23.4 Å². The van der Waals surface area contributed by atoms with Crippen LogP contribution in [0.25, 0.3) is 0 Å². The van der Waals surface area contributed by atoms with E-state index in [1.165, 1.54) is 96.3 Å². The van der Waals surface area contributed by atoms with E-state index in [2.05, 4.69) is 75.5 Å². The number of hydrogen-bond donors (Lipinski definition) is 2. The van der Waals surface area contributed by atoms with Crippen LogP contribution in [-0.4, -0.2) is 66.5 Å². The Balaban J connectivity index is 4.82. The molecule has 0 amide bonds. The number of carbonyl (C=O) groups excluding carboxylic acids is 3. The molecule has 3 atom stereocenters. The summed E-state index contributed by atoms with van der Waals surface area (Å²) >= 11 is 0. The largest absolute Gasteiger partial charge is 0.472 e. The first kappa shape index (κ1) is 66.9. The molecule has 404 valence electrons. The fourth-order valence-corrected chi connectivity index (χ4v) is 8.20. The number of ether oxygens (including phenoxy) is 3. The van der Waals surface area contributed by atoms with Crippen LogP contribution in [0.2, 0.25) is 0 Å². The van der Waals surface area contributed by atoms with Gasteiger partial charge in [-0.1, -0.05) is 229 Å². The molecule has 12 heteroatoms. The number of carbonyl (C=O) groups is 3. The fraction of sp³-hybridized carbons (Fsp3) is 0.741. The van der Waals surface area contributed by atoms with Gasteiger partial charge in [-0.05, 0) is 64.2 Å². The predicted octanol–water partition coefficient (Wildman–Crippen LogP) is 16.1. The summed E-state index contributed by atoms with van der Waals surface area (Å²) in [5, 5.41) is 9.77. The lowest BCUT2D eigenvalue weighted by molar-refractivity contribution is -0.160. The predicted molar refractivity (Wildman–Crippen MR) is 288 cm³/mol. The van der Waals surface area contributed by atoms with E-state index in [0.29, 0.717) is 19.3 Å². The van der Waals surface area contributed by atoms with E-state index in [4.69, 9.17) is 23.3 Å². The quantitative estimate of drug-likeness (QED) is 0.0197. The lowest BCUT2D eigenvalue weighted by Gasteiger charge is -2.21. The number of hydrogen-bond acceptors (Lipinski definition) is 10. The van der Waals surface area contributed by atoms with Crippen molar-refractivity contribution in [1.82, 2.24) is 0 Å². The van der Waals surface area contributed by atoms with Gasteiger partial charge in [0.15, 0.2) is 6.10 Å². The molecular weight excluding hydrogens is 904 g/mol. The summed E-state index contributed by atoms with van der Waals surface area (Å²) in [4.78, 5) is 48.3. The molecule has 0 aromatic carbocycles. The van der Waals surface area contributed by atoms with E-state index in [9.17, 15) is 28.9 Å². The first-order chi connectivity index (χ1) is 34.2. The maximum atomic E-state index is 12.9. The highest BCUT2D eigenvalue weighted by Gasteiger charge is 2.28. The average molecular weight is 1010 g/mol. The van der Waals surface area contributed by atoms with Crippen molar-refractivity contribution in [2.75, 3.05) is 26.4 Å². The maximum Gasteiger partial charge on any atom is 0.472 e. The summed E-state index contributed by atoms with van der Waals surface area (Å²) in [5.74, 6) is -1.62. The van der Waals surface area contributed by atoms with Gasteiger partial charge < -0.3 is 24.2 Å². The normalized spacial score (nSPS) is 14.0. The third-order valence-electron chi connectivity index (χ3n) is 11.6. The molecule has 11 nitrogen and oxygen atoms in total. The van der Waals surface area contributed by atoms with Crippen molar-refractivity contribution in [3.63, 3.8) is 0 Å². The van der Waals surface area contributed by atoms with Crippen molar-refractivity contribution >= 4 is 25.7 Å². The molecular formula is C58H101O11P. The number of allylic oxidation sites excluding steroid dienone is 11. The van der Waals surface area contributed by atoms with Crippen molar-refractivity contribution in [3.05, 3.63) is 72.9 Å². The van der Waals surface area contributed by atoms with Crippen LogP contribution in [0, 0.1) is 0 Å². The molecule has 0 rings (SSSR count). The Morgan fingerprint density at radius 3 is 1.29 bits per heavy atom. The number of rotatable bonds is 51. The molecule has 0 aliphatic heterocycles. The molecule has 70 heavy (non-hydrogen) atoms. The van der Waals surface area contributed by atoms with Crippen molar-refractivity contribution in [2.24, 2.45) is 0 Å². The Morgan fingerprint density at radius 1 is 0.429 bits per heavy atom. The number of aliphatic hydroxyl groups excluding tert-OH is 1. The molecule has 0 saturated heterocycles. The van der Waals surface area contributed by atoms with E-state index in [-0.39, 0.29) is 25.9 Å². The summed E-state index contributed by atoms with van der Waals surface area (Å²) in [7, 11) is -4.77. The van der Waals surface area contributed by atoms with E-state index in [0.717, 1.165) is 83.5 Å². The van der Waals surface area contributed by atoms with E-state index < -0.39 is 57.8 Å². The van der Waals surface area contributed by atoms with Crippen LogP contribution >= 0.6 is 7.82 Å². The zero-order chi connectivity index (χ0) is 51.3. The van der Waals surface area contributed by atoms with Gasteiger partial charge in [0.05, 0.1) is 26.2 Å². The molecule has 0 bridgehead atoms. The van der Waals surface area contributed by atoms with Crippen LogP contribution in [0.4, 0.5) is 0 Å². The van der Waals surface area contributed by atoms with Gasteiger partial charge in [0.1, 0.15) is 12.7 Å². The van der Waals surface area contributed by atoms with E-state index in [1.54, 1.807) is 6.08 Å². The first-order valence-corrected chi connectivity index (χ1v) is 29.3. The third-order valence-corrected chi connectivity index (χ3v) is 12.6.